The molecule has 0 spiro atoms. The lowest BCUT2D eigenvalue weighted by atomic mass is 10.4. The van der Waals surface area contributed by atoms with Gasteiger partial charge in [0, 0.05) is 20.7 Å². The first kappa shape index (κ1) is 14.0. The zero-order chi connectivity index (χ0) is 12.7. The molecule has 0 aromatic carbocycles. The number of nitrogens with zero attached hydrogens (tertiary/aromatic N) is 2. The molecule has 0 aliphatic rings. The van der Waals surface area contributed by atoms with Crippen LogP contribution in [0, 0.1) is 0 Å². The summed E-state index contributed by atoms with van der Waals surface area (Å²) in [5.41, 5.74) is 0.196. The van der Waals surface area contributed by atoms with Gasteiger partial charge in [-0.3, -0.25) is 4.79 Å². The number of hydrogen-bond donors (Lipinski definition) is 1. The van der Waals surface area contributed by atoms with E-state index >= 15 is 0 Å². The van der Waals surface area contributed by atoms with Crippen LogP contribution in [0.4, 0.5) is 5.69 Å². The molecule has 0 aliphatic heterocycles. The van der Waals surface area contributed by atoms with E-state index in [-0.39, 0.29) is 10.6 Å². The molecule has 0 bridgehead atoms. The van der Waals surface area contributed by atoms with Gasteiger partial charge in [-0.25, -0.2) is 4.68 Å². The molecule has 0 atom stereocenters. The van der Waals surface area contributed by atoms with Gasteiger partial charge in [-0.2, -0.15) is 5.10 Å². The Hall–Kier alpha value is -1.11. The molecule has 0 unspecified atom stereocenters. The summed E-state index contributed by atoms with van der Waals surface area (Å²) in [6.45, 7) is 2.17. The second kappa shape index (κ2) is 7.26. The molecule has 96 valence electrons. The number of rotatable bonds is 7. The van der Waals surface area contributed by atoms with Crippen LogP contribution in [0.3, 0.4) is 0 Å². The molecule has 17 heavy (non-hydrogen) atoms. The lowest BCUT2D eigenvalue weighted by molar-refractivity contribution is 0.0759. The van der Waals surface area contributed by atoms with Crippen molar-refractivity contribution in [1.29, 1.82) is 0 Å². The summed E-state index contributed by atoms with van der Waals surface area (Å²) >= 11 is 5.86. The van der Waals surface area contributed by atoms with Gasteiger partial charge in [0.1, 0.15) is 5.02 Å². The van der Waals surface area contributed by atoms with Gasteiger partial charge in [0.2, 0.25) is 0 Å². The number of aryl methyl sites for hydroxylation is 1. The highest BCUT2D eigenvalue weighted by atomic mass is 35.5. The van der Waals surface area contributed by atoms with Gasteiger partial charge in [0.25, 0.3) is 5.56 Å². The highest BCUT2D eigenvalue weighted by Gasteiger charge is 2.05. The lowest BCUT2D eigenvalue weighted by Crippen LogP contribution is -2.22. The Labute approximate surface area is 104 Å². The molecule has 7 heteroatoms. The van der Waals surface area contributed by atoms with Crippen LogP contribution in [0.2, 0.25) is 5.02 Å². The van der Waals surface area contributed by atoms with Crippen molar-refractivity contribution in [2.45, 2.75) is 0 Å². The summed E-state index contributed by atoms with van der Waals surface area (Å²) < 4.78 is 11.3. The lowest BCUT2D eigenvalue weighted by Gasteiger charge is -2.08. The molecule has 0 amide bonds. The third-order valence-electron chi connectivity index (χ3n) is 2.07. The fourth-order valence-corrected chi connectivity index (χ4v) is 1.37. The monoisotopic (exact) mass is 261 g/mol. The maximum atomic E-state index is 11.4. The average Bonchev–Trinajstić information content (AvgIpc) is 2.33. The molecule has 1 aromatic heterocycles. The molecule has 0 fully saturated rings. The first-order valence-electron chi connectivity index (χ1n) is 5.19. The summed E-state index contributed by atoms with van der Waals surface area (Å²) in [4.78, 5) is 11.4. The second-order valence-electron chi connectivity index (χ2n) is 3.33. The third-order valence-corrected chi connectivity index (χ3v) is 2.44. The predicted molar refractivity (Wildman–Crippen MR) is 65.7 cm³/mol. The van der Waals surface area contributed by atoms with Gasteiger partial charge in [-0.05, 0) is 0 Å². The molecule has 0 saturated carbocycles. The van der Waals surface area contributed by atoms with E-state index in [1.807, 2.05) is 0 Å². The van der Waals surface area contributed by atoms with Crippen molar-refractivity contribution in [1.82, 2.24) is 9.78 Å². The van der Waals surface area contributed by atoms with Crippen LogP contribution in [-0.2, 0) is 16.5 Å². The Bertz CT molecular complexity index is 408. The van der Waals surface area contributed by atoms with Crippen molar-refractivity contribution in [3.05, 3.63) is 21.6 Å². The van der Waals surface area contributed by atoms with E-state index < -0.39 is 0 Å². The Morgan fingerprint density at radius 1 is 1.47 bits per heavy atom. The minimum atomic E-state index is -0.322. The minimum Gasteiger partial charge on any atom is -0.382 e. The first-order chi connectivity index (χ1) is 8.16. The minimum absolute atomic E-state index is 0.138. The molecular formula is C10H16ClN3O3. The highest BCUT2D eigenvalue weighted by Crippen LogP contribution is 2.14. The average molecular weight is 262 g/mol. The van der Waals surface area contributed by atoms with E-state index in [2.05, 4.69) is 10.4 Å². The molecule has 1 N–H and O–H groups in total. The van der Waals surface area contributed by atoms with Crippen LogP contribution in [0.1, 0.15) is 0 Å². The fourth-order valence-electron chi connectivity index (χ4n) is 1.14. The number of aromatic nitrogens is 2. The van der Waals surface area contributed by atoms with Crippen molar-refractivity contribution in [3.8, 4) is 0 Å². The van der Waals surface area contributed by atoms with Crippen molar-refractivity contribution in [2.24, 2.45) is 7.05 Å². The van der Waals surface area contributed by atoms with Crippen LogP contribution in [0.25, 0.3) is 0 Å². The standard InChI is InChI=1S/C10H16ClN3O3/c1-14-10(15)9(11)8(7-13-14)12-3-4-17-6-5-16-2/h7,12H,3-6H2,1-2H3. The van der Waals surface area contributed by atoms with Gasteiger partial charge in [0.05, 0.1) is 31.7 Å². The SMILES string of the molecule is COCCOCCNc1cnn(C)c(=O)c1Cl. The third kappa shape index (κ3) is 4.33. The maximum Gasteiger partial charge on any atom is 0.287 e. The van der Waals surface area contributed by atoms with E-state index in [9.17, 15) is 4.79 Å². The molecule has 0 radical (unpaired) electrons. The normalized spacial score (nSPS) is 10.5. The Morgan fingerprint density at radius 2 is 2.24 bits per heavy atom. The predicted octanol–water partition coefficient (Wildman–Crippen LogP) is 0.509. The van der Waals surface area contributed by atoms with E-state index in [0.717, 1.165) is 0 Å². The molecular weight excluding hydrogens is 246 g/mol. The maximum absolute atomic E-state index is 11.4. The van der Waals surface area contributed by atoms with Crippen molar-refractivity contribution >= 4 is 17.3 Å². The molecule has 0 saturated heterocycles. The van der Waals surface area contributed by atoms with Crippen LogP contribution >= 0.6 is 11.6 Å². The number of halogens is 1. The van der Waals surface area contributed by atoms with E-state index in [1.165, 1.54) is 10.9 Å². The number of methoxy groups -OCH3 is 1. The molecule has 1 aromatic rings. The molecule has 1 heterocycles. The molecule has 0 aliphatic carbocycles. The molecule has 6 nitrogen and oxygen atoms in total. The van der Waals surface area contributed by atoms with Gasteiger partial charge in [-0.1, -0.05) is 11.6 Å². The van der Waals surface area contributed by atoms with E-state index in [0.29, 0.717) is 32.1 Å². The summed E-state index contributed by atoms with van der Waals surface area (Å²) in [7, 11) is 3.17. The number of nitrogens with one attached hydrogen (secondary N) is 1. The largest absolute Gasteiger partial charge is 0.382 e. The zero-order valence-corrected chi connectivity index (χ0v) is 10.7. The first-order valence-corrected chi connectivity index (χ1v) is 5.57. The second-order valence-corrected chi connectivity index (χ2v) is 3.71. The van der Waals surface area contributed by atoms with Crippen molar-refractivity contribution < 1.29 is 9.47 Å². The quantitative estimate of drug-likeness (QED) is 0.725. The summed E-state index contributed by atoms with van der Waals surface area (Å²) in [5.74, 6) is 0. The van der Waals surface area contributed by atoms with Crippen LogP contribution < -0.4 is 10.9 Å². The van der Waals surface area contributed by atoms with Crippen LogP contribution in [0.5, 0.6) is 0 Å². The van der Waals surface area contributed by atoms with Crippen molar-refractivity contribution in [3.63, 3.8) is 0 Å². The van der Waals surface area contributed by atoms with Crippen LogP contribution in [-0.4, -0.2) is 43.3 Å². The van der Waals surface area contributed by atoms with Gasteiger partial charge >= 0.3 is 0 Å². The van der Waals surface area contributed by atoms with Crippen LogP contribution in [0.15, 0.2) is 11.0 Å². The zero-order valence-electron chi connectivity index (χ0n) is 9.90. The van der Waals surface area contributed by atoms with Gasteiger partial charge < -0.3 is 14.8 Å². The fraction of sp³-hybridized carbons (Fsp3) is 0.600. The Kier molecular flexibility index (Phi) is 5.96. The Balaban J connectivity index is 2.37. The number of ether oxygens (including phenoxy) is 2. The van der Waals surface area contributed by atoms with Crippen molar-refractivity contribution in [2.75, 3.05) is 38.8 Å². The topological polar surface area (TPSA) is 65.4 Å². The highest BCUT2D eigenvalue weighted by molar-refractivity contribution is 6.32. The molecule has 1 rings (SSSR count). The van der Waals surface area contributed by atoms with E-state index in [4.69, 9.17) is 21.1 Å². The van der Waals surface area contributed by atoms with Gasteiger partial charge in [-0.15, -0.1) is 0 Å². The number of anilines is 1. The smallest absolute Gasteiger partial charge is 0.287 e. The Morgan fingerprint density at radius 3 is 2.94 bits per heavy atom. The van der Waals surface area contributed by atoms with Gasteiger partial charge in [0.15, 0.2) is 0 Å². The summed E-state index contributed by atoms with van der Waals surface area (Å²) in [6.07, 6.45) is 1.51. The summed E-state index contributed by atoms with van der Waals surface area (Å²) in [5, 5.41) is 6.99. The van der Waals surface area contributed by atoms with E-state index in [1.54, 1.807) is 14.2 Å². The number of hydrogen-bond acceptors (Lipinski definition) is 5. The summed E-state index contributed by atoms with van der Waals surface area (Å²) in [6, 6.07) is 0.